The van der Waals surface area contributed by atoms with Crippen molar-refractivity contribution in [2.24, 2.45) is 0 Å². The zero-order valence-electron chi connectivity index (χ0n) is 11.3. The predicted octanol–water partition coefficient (Wildman–Crippen LogP) is 2.18. The van der Waals surface area contributed by atoms with Crippen LogP contribution in [0, 0.1) is 0 Å². The third kappa shape index (κ3) is 4.75. The Morgan fingerprint density at radius 1 is 1.40 bits per heavy atom. The van der Waals surface area contributed by atoms with Gasteiger partial charge < -0.3 is 5.32 Å². The second-order valence-electron chi connectivity index (χ2n) is 4.76. The lowest BCUT2D eigenvalue weighted by molar-refractivity contribution is -0.119. The van der Waals surface area contributed by atoms with E-state index in [9.17, 15) is 9.59 Å². The highest BCUT2D eigenvalue weighted by Crippen LogP contribution is 2.24. The number of nitrogens with zero attached hydrogens (tertiary/aromatic N) is 2. The first kappa shape index (κ1) is 15.2. The van der Waals surface area contributed by atoms with Crippen LogP contribution in [0.2, 0.25) is 0 Å². The number of urea groups is 1. The third-order valence-electron chi connectivity index (χ3n) is 3.16. The largest absolute Gasteiger partial charge is 0.335 e. The minimum Gasteiger partial charge on any atom is -0.335 e. The summed E-state index contributed by atoms with van der Waals surface area (Å²) in [7, 11) is 0. The highest BCUT2D eigenvalue weighted by Gasteiger charge is 2.20. The van der Waals surface area contributed by atoms with Crippen molar-refractivity contribution < 1.29 is 9.59 Å². The number of thioether (sulfide) groups is 1. The Kier molecular flexibility index (Phi) is 5.78. The molecule has 1 saturated carbocycles. The molecule has 0 saturated heterocycles. The molecular formula is C12H18N4O2S2. The van der Waals surface area contributed by atoms with Crippen molar-refractivity contribution in [3.8, 4) is 0 Å². The Balaban J connectivity index is 1.73. The van der Waals surface area contributed by atoms with Crippen molar-refractivity contribution in [1.82, 2.24) is 20.8 Å². The molecule has 1 fully saturated rings. The van der Waals surface area contributed by atoms with Crippen LogP contribution < -0.4 is 10.6 Å². The average molecular weight is 314 g/mol. The van der Waals surface area contributed by atoms with Gasteiger partial charge in [-0.1, -0.05) is 42.4 Å². The molecule has 20 heavy (non-hydrogen) atoms. The zero-order valence-corrected chi connectivity index (χ0v) is 12.9. The molecule has 0 aromatic carbocycles. The Morgan fingerprint density at radius 2 is 2.15 bits per heavy atom. The molecule has 0 aliphatic heterocycles. The molecule has 2 N–H and O–H groups in total. The summed E-state index contributed by atoms with van der Waals surface area (Å²) in [6.07, 6.45) is 5.51. The van der Waals surface area contributed by atoms with Gasteiger partial charge in [0.2, 0.25) is 5.91 Å². The highest BCUT2D eigenvalue weighted by atomic mass is 32.2. The lowest BCUT2D eigenvalue weighted by atomic mass is 9.96. The van der Waals surface area contributed by atoms with Crippen LogP contribution in [0.3, 0.4) is 0 Å². The molecule has 110 valence electrons. The molecule has 1 heterocycles. The Hall–Kier alpha value is -1.15. The van der Waals surface area contributed by atoms with Crippen molar-refractivity contribution in [2.45, 2.75) is 54.7 Å². The standard InChI is InChI=1S/C12H18N4O2S2/c1-8(20-12-16-13-7-19-12)10(17)15-11(18)14-9-5-3-2-4-6-9/h7-9H,2-6H2,1H3,(H2,14,15,17,18). The molecule has 0 bridgehead atoms. The van der Waals surface area contributed by atoms with Crippen molar-refractivity contribution in [3.63, 3.8) is 0 Å². The number of imide groups is 1. The van der Waals surface area contributed by atoms with Gasteiger partial charge in [-0.05, 0) is 19.8 Å². The fourth-order valence-electron chi connectivity index (χ4n) is 2.10. The Bertz CT molecular complexity index is 446. The van der Waals surface area contributed by atoms with Gasteiger partial charge in [-0.25, -0.2) is 4.79 Å². The van der Waals surface area contributed by atoms with Gasteiger partial charge in [-0.15, -0.1) is 10.2 Å². The number of aromatic nitrogens is 2. The first-order valence-corrected chi connectivity index (χ1v) is 8.45. The first-order chi connectivity index (χ1) is 9.65. The highest BCUT2D eigenvalue weighted by molar-refractivity contribution is 8.02. The molecule has 0 radical (unpaired) electrons. The topological polar surface area (TPSA) is 84.0 Å². The molecule has 1 aromatic heterocycles. The SMILES string of the molecule is CC(Sc1nncs1)C(=O)NC(=O)NC1CCCCC1. The second kappa shape index (κ2) is 7.58. The van der Waals surface area contributed by atoms with Crippen LogP contribution in [0.1, 0.15) is 39.0 Å². The maximum Gasteiger partial charge on any atom is 0.321 e. The molecule has 3 amide bonds. The van der Waals surface area contributed by atoms with E-state index in [1.807, 2.05) is 0 Å². The van der Waals surface area contributed by atoms with Gasteiger partial charge in [0.05, 0.1) is 5.25 Å². The summed E-state index contributed by atoms with van der Waals surface area (Å²) in [5, 5.41) is 12.4. The van der Waals surface area contributed by atoms with Crippen molar-refractivity contribution in [2.75, 3.05) is 0 Å². The van der Waals surface area contributed by atoms with Crippen LogP contribution in [0.5, 0.6) is 0 Å². The zero-order chi connectivity index (χ0) is 14.4. The molecule has 1 atom stereocenters. The van der Waals surface area contributed by atoms with Crippen LogP contribution in [0.4, 0.5) is 4.79 Å². The van der Waals surface area contributed by atoms with Crippen LogP contribution in [0.25, 0.3) is 0 Å². The summed E-state index contributed by atoms with van der Waals surface area (Å²) in [6.45, 7) is 1.75. The molecule has 0 spiro atoms. The monoisotopic (exact) mass is 314 g/mol. The predicted molar refractivity (Wildman–Crippen MR) is 78.8 cm³/mol. The molecule has 1 unspecified atom stereocenters. The van der Waals surface area contributed by atoms with E-state index in [1.54, 1.807) is 12.4 Å². The van der Waals surface area contributed by atoms with Gasteiger partial charge in [0.1, 0.15) is 5.51 Å². The first-order valence-electron chi connectivity index (χ1n) is 6.69. The van der Waals surface area contributed by atoms with Crippen LogP contribution in [0.15, 0.2) is 9.85 Å². The lowest BCUT2D eigenvalue weighted by Crippen LogP contribution is -2.47. The minimum atomic E-state index is -0.397. The fourth-order valence-corrected chi connectivity index (χ4v) is 3.73. The van der Waals surface area contributed by atoms with E-state index in [0.717, 1.165) is 30.0 Å². The second-order valence-corrected chi connectivity index (χ2v) is 7.18. The van der Waals surface area contributed by atoms with Gasteiger partial charge in [-0.2, -0.15) is 0 Å². The molecule has 6 nitrogen and oxygen atoms in total. The molecular weight excluding hydrogens is 296 g/mol. The third-order valence-corrected chi connectivity index (χ3v) is 5.08. The van der Waals surface area contributed by atoms with E-state index in [4.69, 9.17) is 0 Å². The van der Waals surface area contributed by atoms with Crippen molar-refractivity contribution in [3.05, 3.63) is 5.51 Å². The van der Waals surface area contributed by atoms with Crippen molar-refractivity contribution >= 4 is 35.0 Å². The number of carbonyl (C=O) groups is 2. The summed E-state index contributed by atoms with van der Waals surface area (Å²) in [5.41, 5.74) is 1.61. The number of nitrogens with one attached hydrogen (secondary N) is 2. The molecule has 8 heteroatoms. The van der Waals surface area contributed by atoms with Gasteiger partial charge in [0.15, 0.2) is 4.34 Å². The summed E-state index contributed by atoms with van der Waals surface area (Å²) >= 11 is 2.68. The summed E-state index contributed by atoms with van der Waals surface area (Å²) in [4.78, 5) is 23.6. The Morgan fingerprint density at radius 3 is 2.80 bits per heavy atom. The maximum atomic E-state index is 11.9. The van der Waals surface area contributed by atoms with Gasteiger partial charge in [0.25, 0.3) is 0 Å². The average Bonchev–Trinajstić information content (AvgIpc) is 2.92. The summed E-state index contributed by atoms with van der Waals surface area (Å²) in [5.74, 6) is -0.307. The number of hydrogen-bond donors (Lipinski definition) is 2. The normalized spacial score (nSPS) is 17.4. The summed E-state index contributed by atoms with van der Waals surface area (Å²) in [6, 6.07) is -0.200. The van der Waals surface area contributed by atoms with Gasteiger partial charge in [0, 0.05) is 6.04 Å². The molecule has 1 aliphatic rings. The van der Waals surface area contributed by atoms with E-state index in [0.29, 0.717) is 0 Å². The van der Waals surface area contributed by atoms with Crippen molar-refractivity contribution in [1.29, 1.82) is 0 Å². The number of rotatable bonds is 4. The Labute approximate surface area is 126 Å². The van der Waals surface area contributed by atoms with Crippen LogP contribution >= 0.6 is 23.1 Å². The van der Waals surface area contributed by atoms with Crippen LogP contribution in [-0.2, 0) is 4.79 Å². The van der Waals surface area contributed by atoms with E-state index < -0.39 is 6.03 Å². The lowest BCUT2D eigenvalue weighted by Gasteiger charge is -2.22. The number of hydrogen-bond acceptors (Lipinski definition) is 6. The molecule has 1 aliphatic carbocycles. The van der Waals surface area contributed by atoms with E-state index in [1.165, 1.54) is 29.5 Å². The van der Waals surface area contributed by atoms with E-state index in [-0.39, 0.29) is 17.2 Å². The quantitative estimate of drug-likeness (QED) is 0.832. The van der Waals surface area contributed by atoms with Crippen LogP contribution in [-0.4, -0.2) is 33.4 Å². The van der Waals surface area contributed by atoms with Gasteiger partial charge >= 0.3 is 6.03 Å². The van der Waals surface area contributed by atoms with Gasteiger partial charge in [-0.3, -0.25) is 10.1 Å². The molecule has 2 rings (SSSR count). The summed E-state index contributed by atoms with van der Waals surface area (Å²) < 4.78 is 0.723. The fraction of sp³-hybridized carbons (Fsp3) is 0.667. The smallest absolute Gasteiger partial charge is 0.321 e. The maximum absolute atomic E-state index is 11.9. The number of carbonyl (C=O) groups excluding carboxylic acids is 2. The minimum absolute atomic E-state index is 0.197. The van der Waals surface area contributed by atoms with E-state index >= 15 is 0 Å². The molecule has 1 aromatic rings. The van der Waals surface area contributed by atoms with E-state index in [2.05, 4.69) is 20.8 Å². The number of amides is 3.